The van der Waals surface area contributed by atoms with Crippen molar-refractivity contribution in [3.63, 3.8) is 0 Å². The van der Waals surface area contributed by atoms with Crippen LogP contribution in [0.25, 0.3) is 0 Å². The van der Waals surface area contributed by atoms with E-state index < -0.39 is 4.92 Å². The van der Waals surface area contributed by atoms with E-state index in [1.807, 2.05) is 24.0 Å². The highest BCUT2D eigenvalue weighted by molar-refractivity contribution is 5.76. The number of amides is 1. The van der Waals surface area contributed by atoms with Crippen molar-refractivity contribution >= 4 is 11.6 Å². The lowest BCUT2D eigenvalue weighted by Gasteiger charge is -2.37. The van der Waals surface area contributed by atoms with E-state index in [-0.39, 0.29) is 24.1 Å². The van der Waals surface area contributed by atoms with Crippen LogP contribution in [0.2, 0.25) is 0 Å². The van der Waals surface area contributed by atoms with Crippen LogP contribution in [0.15, 0.2) is 28.9 Å². The Kier molecular flexibility index (Phi) is 4.87. The Balaban J connectivity index is 1.67. The van der Waals surface area contributed by atoms with E-state index in [2.05, 4.69) is 12.0 Å². The van der Waals surface area contributed by atoms with Gasteiger partial charge in [-0.05, 0) is 37.8 Å². The Morgan fingerprint density at radius 3 is 2.92 bits per heavy atom. The Labute approximate surface area is 145 Å². The number of likely N-dealkylation sites (tertiary alicyclic amines) is 1. The highest BCUT2D eigenvalue weighted by atomic mass is 16.6. The fraction of sp³-hybridized carbons (Fsp3) is 0.529. The Morgan fingerprint density at radius 1 is 1.48 bits per heavy atom. The second-order valence-electron chi connectivity index (χ2n) is 6.65. The Bertz CT molecular complexity index is 766. The van der Waals surface area contributed by atoms with Gasteiger partial charge in [0.25, 0.3) is 0 Å². The number of aromatic nitrogens is 2. The number of aryl methyl sites for hydroxylation is 2. The molecule has 0 saturated carbocycles. The van der Waals surface area contributed by atoms with Crippen molar-refractivity contribution in [2.24, 2.45) is 5.92 Å². The molecule has 0 unspecified atom stereocenters. The van der Waals surface area contributed by atoms with E-state index in [4.69, 9.17) is 4.42 Å². The maximum absolute atomic E-state index is 12.7. The fourth-order valence-electron chi connectivity index (χ4n) is 3.27. The van der Waals surface area contributed by atoms with E-state index in [1.165, 1.54) is 17.1 Å². The zero-order chi connectivity index (χ0) is 18.0. The smallest absolute Gasteiger partial charge is 0.306 e. The van der Waals surface area contributed by atoms with E-state index in [1.54, 1.807) is 0 Å². The van der Waals surface area contributed by atoms with Crippen LogP contribution >= 0.6 is 0 Å². The third-order valence-electron chi connectivity index (χ3n) is 4.66. The Hall–Kier alpha value is -2.64. The van der Waals surface area contributed by atoms with Crippen LogP contribution in [-0.2, 0) is 11.3 Å². The lowest BCUT2D eigenvalue weighted by molar-refractivity contribution is -0.385. The molecule has 1 aliphatic rings. The van der Waals surface area contributed by atoms with Crippen LogP contribution in [0.1, 0.15) is 43.7 Å². The lowest BCUT2D eigenvalue weighted by Crippen LogP contribution is -2.40. The van der Waals surface area contributed by atoms with Gasteiger partial charge in [-0.2, -0.15) is 5.10 Å². The number of nitro groups is 1. The monoisotopic (exact) mass is 346 g/mol. The van der Waals surface area contributed by atoms with Crippen molar-refractivity contribution in [3.8, 4) is 0 Å². The van der Waals surface area contributed by atoms with Crippen molar-refractivity contribution < 1.29 is 14.1 Å². The molecule has 3 heterocycles. The van der Waals surface area contributed by atoms with Gasteiger partial charge in [0.2, 0.25) is 5.91 Å². The molecule has 0 aliphatic carbocycles. The molecule has 3 rings (SSSR count). The molecule has 1 aliphatic heterocycles. The molecule has 25 heavy (non-hydrogen) atoms. The summed E-state index contributed by atoms with van der Waals surface area (Å²) in [5.41, 5.74) is -0.0665. The Morgan fingerprint density at radius 2 is 2.28 bits per heavy atom. The van der Waals surface area contributed by atoms with E-state index in [0.717, 1.165) is 24.4 Å². The minimum atomic E-state index is -0.493. The van der Waals surface area contributed by atoms with Gasteiger partial charge in [-0.25, -0.2) is 0 Å². The SMILES string of the molecule is Cc1ccc([C@@H]2C[C@@H](C)CCN2C(=O)CCn2cc([N+](=O)[O-])cn2)o1. The number of rotatable bonds is 5. The largest absolute Gasteiger partial charge is 0.464 e. The van der Waals surface area contributed by atoms with Gasteiger partial charge in [0.1, 0.15) is 23.9 Å². The van der Waals surface area contributed by atoms with Crippen molar-refractivity contribution in [1.82, 2.24) is 14.7 Å². The molecule has 0 bridgehead atoms. The van der Waals surface area contributed by atoms with E-state index in [9.17, 15) is 14.9 Å². The van der Waals surface area contributed by atoms with Gasteiger partial charge in [0.05, 0.1) is 11.0 Å². The molecule has 8 heteroatoms. The van der Waals surface area contributed by atoms with Crippen molar-refractivity contribution in [1.29, 1.82) is 0 Å². The third kappa shape index (κ3) is 3.89. The van der Waals surface area contributed by atoms with E-state index >= 15 is 0 Å². The average Bonchev–Trinajstić information content (AvgIpc) is 3.21. The molecule has 1 fully saturated rings. The number of carbonyl (C=O) groups is 1. The number of hydrogen-bond acceptors (Lipinski definition) is 5. The van der Waals surface area contributed by atoms with Crippen LogP contribution in [0.5, 0.6) is 0 Å². The highest BCUT2D eigenvalue weighted by Gasteiger charge is 2.32. The van der Waals surface area contributed by atoms with Crippen molar-refractivity contribution in [3.05, 3.63) is 46.2 Å². The van der Waals surface area contributed by atoms with Crippen LogP contribution in [0, 0.1) is 23.0 Å². The molecule has 0 N–H and O–H groups in total. The molecule has 1 amide bonds. The van der Waals surface area contributed by atoms with Crippen molar-refractivity contribution in [2.75, 3.05) is 6.54 Å². The first-order chi connectivity index (χ1) is 11.9. The molecular formula is C17H22N4O4. The number of nitrogens with zero attached hydrogens (tertiary/aromatic N) is 4. The van der Waals surface area contributed by atoms with Crippen LogP contribution in [-0.4, -0.2) is 32.1 Å². The molecule has 2 aromatic heterocycles. The predicted octanol–water partition coefficient (Wildman–Crippen LogP) is 3.08. The summed E-state index contributed by atoms with van der Waals surface area (Å²) in [5.74, 6) is 2.22. The average molecular weight is 346 g/mol. The van der Waals surface area contributed by atoms with Gasteiger partial charge < -0.3 is 9.32 Å². The molecule has 0 aromatic carbocycles. The number of furan rings is 1. The summed E-state index contributed by atoms with van der Waals surface area (Å²) in [5, 5.41) is 14.6. The molecule has 0 radical (unpaired) electrons. The third-order valence-corrected chi connectivity index (χ3v) is 4.66. The lowest BCUT2D eigenvalue weighted by atomic mass is 9.91. The summed E-state index contributed by atoms with van der Waals surface area (Å²) in [7, 11) is 0. The van der Waals surface area contributed by atoms with Gasteiger partial charge in [-0.15, -0.1) is 0 Å². The molecule has 8 nitrogen and oxygen atoms in total. The van der Waals surface area contributed by atoms with Crippen LogP contribution in [0.4, 0.5) is 5.69 Å². The van der Waals surface area contributed by atoms with Crippen LogP contribution < -0.4 is 0 Å². The molecular weight excluding hydrogens is 324 g/mol. The van der Waals surface area contributed by atoms with Crippen molar-refractivity contribution in [2.45, 2.75) is 45.7 Å². The van der Waals surface area contributed by atoms with Gasteiger partial charge in [-0.1, -0.05) is 6.92 Å². The summed E-state index contributed by atoms with van der Waals surface area (Å²) in [6, 6.07) is 3.81. The summed E-state index contributed by atoms with van der Waals surface area (Å²) in [6.07, 6.45) is 4.64. The van der Waals surface area contributed by atoms with Gasteiger partial charge in [0.15, 0.2) is 0 Å². The first kappa shape index (κ1) is 17.2. The molecule has 0 spiro atoms. The quantitative estimate of drug-likeness (QED) is 0.612. The van der Waals surface area contributed by atoms with Gasteiger partial charge in [-0.3, -0.25) is 19.6 Å². The minimum Gasteiger partial charge on any atom is -0.464 e. The molecule has 134 valence electrons. The van der Waals surface area contributed by atoms with Gasteiger partial charge in [0, 0.05) is 19.5 Å². The number of carbonyl (C=O) groups excluding carboxylic acids is 1. The first-order valence-corrected chi connectivity index (χ1v) is 8.46. The zero-order valence-corrected chi connectivity index (χ0v) is 14.4. The number of piperidine rings is 1. The predicted molar refractivity (Wildman–Crippen MR) is 89.8 cm³/mol. The van der Waals surface area contributed by atoms with Crippen LogP contribution in [0.3, 0.4) is 0 Å². The second kappa shape index (κ2) is 7.08. The van der Waals surface area contributed by atoms with E-state index in [0.29, 0.717) is 19.0 Å². The fourth-order valence-corrected chi connectivity index (χ4v) is 3.27. The first-order valence-electron chi connectivity index (χ1n) is 8.46. The van der Waals surface area contributed by atoms with Gasteiger partial charge >= 0.3 is 5.69 Å². The molecule has 1 saturated heterocycles. The second-order valence-corrected chi connectivity index (χ2v) is 6.65. The number of hydrogen-bond donors (Lipinski definition) is 0. The summed E-state index contributed by atoms with van der Waals surface area (Å²) >= 11 is 0. The maximum atomic E-state index is 12.7. The highest BCUT2D eigenvalue weighted by Crippen LogP contribution is 2.35. The summed E-state index contributed by atoms with van der Waals surface area (Å²) in [6.45, 7) is 5.10. The summed E-state index contributed by atoms with van der Waals surface area (Å²) < 4.78 is 7.20. The standard InChI is InChI=1S/C17H22N4O4/c1-12-5-8-20(15(9-12)16-4-3-13(2)25-16)17(22)6-7-19-11-14(10-18-19)21(23)24/h3-4,10-12,15H,5-9H2,1-2H3/t12-,15-/m0/s1. The molecule has 2 aromatic rings. The maximum Gasteiger partial charge on any atom is 0.306 e. The zero-order valence-electron chi connectivity index (χ0n) is 14.4. The molecule has 2 atom stereocenters. The topological polar surface area (TPSA) is 94.4 Å². The normalized spacial score (nSPS) is 20.6. The minimum absolute atomic E-state index is 0.0177. The summed E-state index contributed by atoms with van der Waals surface area (Å²) in [4.78, 5) is 24.8.